The van der Waals surface area contributed by atoms with Crippen molar-refractivity contribution in [1.29, 1.82) is 0 Å². The molecule has 2 aromatic carbocycles. The number of anilines is 1. The highest BCUT2D eigenvalue weighted by Crippen LogP contribution is 2.47. The van der Waals surface area contributed by atoms with Gasteiger partial charge in [0.2, 0.25) is 0 Å². The Kier molecular flexibility index (Phi) is 2.22. The average molecular weight is 223 g/mol. The molecule has 17 heavy (non-hydrogen) atoms. The van der Waals surface area contributed by atoms with Crippen LogP contribution in [0.5, 0.6) is 0 Å². The van der Waals surface area contributed by atoms with Gasteiger partial charge in [0.1, 0.15) is 0 Å². The largest absolute Gasteiger partial charge is 0.399 e. The fraction of sp³-hybridized carbons (Fsp3) is 0.250. The van der Waals surface area contributed by atoms with Crippen LogP contribution in [0.15, 0.2) is 48.5 Å². The molecule has 86 valence electrons. The van der Waals surface area contributed by atoms with Crippen molar-refractivity contribution in [1.82, 2.24) is 0 Å². The van der Waals surface area contributed by atoms with Gasteiger partial charge in [0.25, 0.3) is 0 Å². The number of nitrogen functional groups attached to an aromatic ring is 1. The van der Waals surface area contributed by atoms with E-state index in [4.69, 9.17) is 5.73 Å². The molecule has 1 saturated carbocycles. The van der Waals surface area contributed by atoms with E-state index >= 15 is 0 Å². The molecular weight excluding hydrogens is 206 g/mol. The van der Waals surface area contributed by atoms with Crippen molar-refractivity contribution in [3.8, 4) is 11.1 Å². The monoisotopic (exact) mass is 223 g/mol. The summed E-state index contributed by atoms with van der Waals surface area (Å²) in [5, 5.41) is 0. The molecule has 0 radical (unpaired) electrons. The van der Waals surface area contributed by atoms with Crippen molar-refractivity contribution in [2.24, 2.45) is 0 Å². The van der Waals surface area contributed by atoms with Gasteiger partial charge >= 0.3 is 0 Å². The Bertz CT molecular complexity index is 536. The molecule has 0 atom stereocenters. The minimum absolute atomic E-state index is 0.453. The molecule has 1 aliphatic carbocycles. The first-order valence-corrected chi connectivity index (χ1v) is 6.14. The first-order chi connectivity index (χ1) is 8.17. The standard InChI is InChI=1S/C16H17N/c1-16(9-10-16)14-7-5-12(6-8-14)13-3-2-4-15(17)11-13/h2-8,11H,9-10,17H2,1H3. The van der Waals surface area contributed by atoms with Gasteiger partial charge < -0.3 is 5.73 Å². The van der Waals surface area contributed by atoms with Crippen molar-refractivity contribution >= 4 is 5.69 Å². The second kappa shape index (κ2) is 3.63. The van der Waals surface area contributed by atoms with E-state index in [-0.39, 0.29) is 0 Å². The Balaban J connectivity index is 1.94. The highest BCUT2D eigenvalue weighted by molar-refractivity contribution is 5.67. The number of rotatable bonds is 2. The summed E-state index contributed by atoms with van der Waals surface area (Å²) < 4.78 is 0. The molecule has 0 aromatic heterocycles. The molecule has 0 bridgehead atoms. The summed E-state index contributed by atoms with van der Waals surface area (Å²) in [5.41, 5.74) is 11.0. The van der Waals surface area contributed by atoms with Gasteiger partial charge in [-0.15, -0.1) is 0 Å². The molecule has 0 aliphatic heterocycles. The quantitative estimate of drug-likeness (QED) is 0.765. The second-order valence-electron chi connectivity index (χ2n) is 5.26. The van der Waals surface area contributed by atoms with Gasteiger partial charge in [-0.05, 0) is 47.1 Å². The van der Waals surface area contributed by atoms with Crippen LogP contribution in [-0.2, 0) is 5.41 Å². The predicted octanol–water partition coefficient (Wildman–Crippen LogP) is 3.99. The van der Waals surface area contributed by atoms with E-state index in [1.807, 2.05) is 18.2 Å². The SMILES string of the molecule is CC1(c2ccc(-c3cccc(N)c3)cc2)CC1. The van der Waals surface area contributed by atoms with Crippen molar-refractivity contribution in [2.45, 2.75) is 25.2 Å². The predicted molar refractivity (Wildman–Crippen MR) is 72.9 cm³/mol. The van der Waals surface area contributed by atoms with Crippen LogP contribution in [0, 0.1) is 0 Å². The molecule has 1 heteroatoms. The molecule has 1 nitrogen and oxygen atoms in total. The minimum Gasteiger partial charge on any atom is -0.399 e. The molecule has 1 aliphatic rings. The fourth-order valence-corrected chi connectivity index (χ4v) is 2.26. The summed E-state index contributed by atoms with van der Waals surface area (Å²) in [5.74, 6) is 0. The zero-order chi connectivity index (χ0) is 11.9. The normalized spacial score (nSPS) is 16.8. The third-order valence-electron chi connectivity index (χ3n) is 3.80. The molecule has 1 fully saturated rings. The van der Waals surface area contributed by atoms with Gasteiger partial charge in [0.05, 0.1) is 0 Å². The Labute approximate surface area is 102 Å². The maximum atomic E-state index is 5.81. The molecule has 0 unspecified atom stereocenters. The van der Waals surface area contributed by atoms with Gasteiger partial charge in [-0.3, -0.25) is 0 Å². The van der Waals surface area contributed by atoms with Gasteiger partial charge in [-0.25, -0.2) is 0 Å². The van der Waals surface area contributed by atoms with Gasteiger partial charge in [-0.2, -0.15) is 0 Å². The van der Waals surface area contributed by atoms with E-state index in [0.717, 1.165) is 5.69 Å². The van der Waals surface area contributed by atoms with Crippen molar-refractivity contribution in [3.63, 3.8) is 0 Å². The Hall–Kier alpha value is -1.76. The van der Waals surface area contributed by atoms with Crippen LogP contribution in [0.1, 0.15) is 25.3 Å². The van der Waals surface area contributed by atoms with E-state index in [2.05, 4.69) is 37.3 Å². The molecular formula is C16H17N. The first-order valence-electron chi connectivity index (χ1n) is 6.14. The van der Waals surface area contributed by atoms with Gasteiger partial charge in [0.15, 0.2) is 0 Å². The first kappa shape index (κ1) is 10.4. The maximum Gasteiger partial charge on any atom is 0.0320 e. The Morgan fingerprint density at radius 1 is 0.941 bits per heavy atom. The fourth-order valence-electron chi connectivity index (χ4n) is 2.26. The summed E-state index contributed by atoms with van der Waals surface area (Å²) in [4.78, 5) is 0. The molecule has 0 amide bonds. The second-order valence-corrected chi connectivity index (χ2v) is 5.26. The summed E-state index contributed by atoms with van der Waals surface area (Å²) >= 11 is 0. The molecule has 2 N–H and O–H groups in total. The van der Waals surface area contributed by atoms with Crippen LogP contribution >= 0.6 is 0 Å². The number of hydrogen-bond donors (Lipinski definition) is 1. The van der Waals surface area contributed by atoms with Crippen LogP contribution in [0.2, 0.25) is 0 Å². The third-order valence-corrected chi connectivity index (χ3v) is 3.80. The van der Waals surface area contributed by atoms with Crippen LogP contribution in [0.3, 0.4) is 0 Å². The van der Waals surface area contributed by atoms with Crippen LogP contribution in [0.25, 0.3) is 11.1 Å². The number of benzene rings is 2. The minimum atomic E-state index is 0.453. The van der Waals surface area contributed by atoms with Crippen molar-refractivity contribution in [2.75, 3.05) is 5.73 Å². The van der Waals surface area contributed by atoms with E-state index in [1.54, 1.807) is 0 Å². The van der Waals surface area contributed by atoms with Crippen molar-refractivity contribution in [3.05, 3.63) is 54.1 Å². The summed E-state index contributed by atoms with van der Waals surface area (Å²) in [6.45, 7) is 2.34. The molecule has 0 heterocycles. The van der Waals surface area contributed by atoms with Crippen molar-refractivity contribution < 1.29 is 0 Å². The summed E-state index contributed by atoms with van der Waals surface area (Å²) in [6.07, 6.45) is 2.65. The summed E-state index contributed by atoms with van der Waals surface area (Å²) in [6, 6.07) is 17.0. The molecule has 2 aromatic rings. The lowest BCUT2D eigenvalue weighted by molar-refractivity contribution is 0.788. The Morgan fingerprint density at radius 2 is 1.65 bits per heavy atom. The maximum absolute atomic E-state index is 5.81. The lowest BCUT2D eigenvalue weighted by Crippen LogP contribution is -1.98. The summed E-state index contributed by atoms with van der Waals surface area (Å²) in [7, 11) is 0. The van der Waals surface area contributed by atoms with Gasteiger partial charge in [0, 0.05) is 5.69 Å². The van der Waals surface area contributed by atoms with E-state index in [1.165, 1.54) is 29.5 Å². The highest BCUT2D eigenvalue weighted by atomic mass is 14.5. The van der Waals surface area contributed by atoms with E-state index < -0.39 is 0 Å². The Morgan fingerprint density at radius 3 is 2.24 bits per heavy atom. The molecule has 3 rings (SSSR count). The number of nitrogens with two attached hydrogens (primary N) is 1. The average Bonchev–Trinajstić information content (AvgIpc) is 3.09. The third kappa shape index (κ3) is 1.93. The van der Waals surface area contributed by atoms with E-state index in [0.29, 0.717) is 5.41 Å². The van der Waals surface area contributed by atoms with Crippen LogP contribution < -0.4 is 5.73 Å². The molecule has 0 spiro atoms. The van der Waals surface area contributed by atoms with Crippen LogP contribution in [0.4, 0.5) is 5.69 Å². The lowest BCUT2D eigenvalue weighted by Gasteiger charge is -2.10. The molecule has 0 saturated heterocycles. The van der Waals surface area contributed by atoms with Gasteiger partial charge in [-0.1, -0.05) is 43.3 Å². The lowest BCUT2D eigenvalue weighted by atomic mass is 9.95. The zero-order valence-electron chi connectivity index (χ0n) is 10.1. The van der Waals surface area contributed by atoms with E-state index in [9.17, 15) is 0 Å². The number of hydrogen-bond acceptors (Lipinski definition) is 1. The smallest absolute Gasteiger partial charge is 0.0320 e. The highest BCUT2D eigenvalue weighted by Gasteiger charge is 2.38. The zero-order valence-corrected chi connectivity index (χ0v) is 10.1. The topological polar surface area (TPSA) is 26.0 Å². The van der Waals surface area contributed by atoms with Crippen LogP contribution in [-0.4, -0.2) is 0 Å².